The van der Waals surface area contributed by atoms with Gasteiger partial charge in [0.05, 0.1) is 5.52 Å². The summed E-state index contributed by atoms with van der Waals surface area (Å²) in [5, 5.41) is 20.7. The second-order valence-electron chi connectivity index (χ2n) is 4.07. The molecule has 5 nitrogen and oxygen atoms in total. The van der Waals surface area contributed by atoms with Crippen LogP contribution in [0.4, 0.5) is 0 Å². The number of fused-ring (bicyclic) bond motifs is 1. The number of nitrogens with zero attached hydrogens (tertiary/aromatic N) is 2. The molecule has 0 aliphatic heterocycles. The Morgan fingerprint density at radius 1 is 1.17 bits per heavy atom. The molecule has 0 saturated heterocycles. The average molecular weight is 240 g/mol. The molecule has 5 heteroatoms. The zero-order chi connectivity index (χ0) is 12.5. The first-order valence-electron chi connectivity index (χ1n) is 5.61. The number of hydrogen-bond acceptors (Lipinski definition) is 4. The molecule has 0 spiro atoms. The normalized spacial score (nSPS) is 10.9. The summed E-state index contributed by atoms with van der Waals surface area (Å²) in [4.78, 5) is 0. The van der Waals surface area contributed by atoms with E-state index < -0.39 is 0 Å². The molecule has 0 saturated carbocycles. The highest BCUT2D eigenvalue weighted by Gasteiger charge is 2.10. The van der Waals surface area contributed by atoms with Crippen LogP contribution in [-0.2, 0) is 6.54 Å². The molecule has 2 aromatic carbocycles. The number of aromatic nitrogens is 3. The first-order valence-corrected chi connectivity index (χ1v) is 5.61. The summed E-state index contributed by atoms with van der Waals surface area (Å²) in [6.45, 7) is 0.405. The van der Waals surface area contributed by atoms with E-state index in [0.717, 1.165) is 27.7 Å². The zero-order valence-corrected chi connectivity index (χ0v) is 9.59. The predicted molar refractivity (Wildman–Crippen MR) is 68.9 cm³/mol. The van der Waals surface area contributed by atoms with Gasteiger partial charge in [-0.05, 0) is 17.7 Å². The molecule has 4 N–H and O–H groups in total. The molecule has 0 unspecified atom stereocenters. The molecule has 0 aliphatic carbocycles. The highest BCUT2D eigenvalue weighted by molar-refractivity contribution is 5.92. The number of nitrogens with one attached hydrogen (secondary N) is 1. The van der Waals surface area contributed by atoms with Gasteiger partial charge in [0.2, 0.25) is 0 Å². The topological polar surface area (TPSA) is 87.8 Å². The molecule has 0 atom stereocenters. The first-order chi connectivity index (χ1) is 8.79. The van der Waals surface area contributed by atoms with Crippen LogP contribution >= 0.6 is 0 Å². The molecule has 1 aromatic heterocycles. The van der Waals surface area contributed by atoms with Crippen LogP contribution in [0.1, 0.15) is 5.56 Å². The van der Waals surface area contributed by atoms with Crippen molar-refractivity contribution in [3.63, 3.8) is 0 Å². The SMILES string of the molecule is NCc1ccc(-c2cccc3[nH]nnc23)c(O)c1. The van der Waals surface area contributed by atoms with Gasteiger partial charge in [0.1, 0.15) is 11.3 Å². The Bertz CT molecular complexity index is 705. The van der Waals surface area contributed by atoms with Gasteiger partial charge in [0.15, 0.2) is 0 Å². The molecule has 18 heavy (non-hydrogen) atoms. The summed E-state index contributed by atoms with van der Waals surface area (Å²) in [6.07, 6.45) is 0. The van der Waals surface area contributed by atoms with Crippen LogP contribution in [0.15, 0.2) is 36.4 Å². The van der Waals surface area contributed by atoms with Crippen molar-refractivity contribution in [3.8, 4) is 16.9 Å². The third kappa shape index (κ3) is 1.61. The van der Waals surface area contributed by atoms with Gasteiger partial charge in [-0.3, -0.25) is 5.10 Å². The van der Waals surface area contributed by atoms with Crippen molar-refractivity contribution in [1.29, 1.82) is 0 Å². The molecule has 90 valence electrons. The van der Waals surface area contributed by atoms with E-state index in [1.807, 2.05) is 30.3 Å². The largest absolute Gasteiger partial charge is 0.507 e. The molecule has 1 heterocycles. The summed E-state index contributed by atoms with van der Waals surface area (Å²) < 4.78 is 0. The van der Waals surface area contributed by atoms with Crippen LogP contribution in [-0.4, -0.2) is 20.5 Å². The van der Waals surface area contributed by atoms with Crippen molar-refractivity contribution < 1.29 is 5.11 Å². The van der Waals surface area contributed by atoms with Gasteiger partial charge < -0.3 is 10.8 Å². The van der Waals surface area contributed by atoms with E-state index in [9.17, 15) is 5.11 Å². The number of aromatic hydroxyl groups is 1. The third-order valence-electron chi connectivity index (χ3n) is 2.94. The van der Waals surface area contributed by atoms with E-state index in [4.69, 9.17) is 5.73 Å². The van der Waals surface area contributed by atoms with Crippen molar-refractivity contribution in [1.82, 2.24) is 15.4 Å². The van der Waals surface area contributed by atoms with E-state index in [0.29, 0.717) is 6.54 Å². The monoisotopic (exact) mass is 240 g/mol. The van der Waals surface area contributed by atoms with Gasteiger partial charge in [-0.15, -0.1) is 5.10 Å². The van der Waals surface area contributed by atoms with Crippen LogP contribution < -0.4 is 5.73 Å². The van der Waals surface area contributed by atoms with Crippen LogP contribution in [0, 0.1) is 0 Å². The van der Waals surface area contributed by atoms with E-state index in [1.54, 1.807) is 6.07 Å². The van der Waals surface area contributed by atoms with Gasteiger partial charge in [-0.25, -0.2) is 0 Å². The third-order valence-corrected chi connectivity index (χ3v) is 2.94. The summed E-state index contributed by atoms with van der Waals surface area (Å²) in [5.74, 6) is 0.202. The minimum atomic E-state index is 0.202. The summed E-state index contributed by atoms with van der Waals surface area (Å²) in [6, 6.07) is 11.1. The smallest absolute Gasteiger partial charge is 0.123 e. The maximum Gasteiger partial charge on any atom is 0.123 e. The van der Waals surface area contributed by atoms with Crippen LogP contribution in [0.3, 0.4) is 0 Å². The molecule has 0 fully saturated rings. The maximum absolute atomic E-state index is 10.1. The fourth-order valence-electron chi connectivity index (χ4n) is 2.02. The lowest BCUT2D eigenvalue weighted by Gasteiger charge is -2.07. The highest BCUT2D eigenvalue weighted by Crippen LogP contribution is 2.33. The first kappa shape index (κ1) is 10.7. The number of phenolic OH excluding ortho intramolecular Hbond substituents is 1. The quantitative estimate of drug-likeness (QED) is 0.637. The Morgan fingerprint density at radius 3 is 2.83 bits per heavy atom. The Labute approximate surface area is 103 Å². The van der Waals surface area contributed by atoms with Crippen molar-refractivity contribution in [2.45, 2.75) is 6.54 Å². The Kier molecular flexibility index (Phi) is 2.46. The van der Waals surface area contributed by atoms with Crippen molar-refractivity contribution in [2.75, 3.05) is 0 Å². The summed E-state index contributed by atoms with van der Waals surface area (Å²) in [7, 11) is 0. The summed E-state index contributed by atoms with van der Waals surface area (Å²) >= 11 is 0. The van der Waals surface area contributed by atoms with Gasteiger partial charge in [0, 0.05) is 17.7 Å². The Morgan fingerprint density at radius 2 is 2.06 bits per heavy atom. The molecule has 0 amide bonds. The van der Waals surface area contributed by atoms with Crippen LogP contribution in [0.25, 0.3) is 22.2 Å². The number of benzene rings is 2. The zero-order valence-electron chi connectivity index (χ0n) is 9.59. The minimum absolute atomic E-state index is 0.202. The van der Waals surface area contributed by atoms with E-state index in [1.165, 1.54) is 0 Å². The van der Waals surface area contributed by atoms with Crippen molar-refractivity contribution >= 4 is 11.0 Å². The molecule has 0 bridgehead atoms. The molecule has 0 radical (unpaired) electrons. The van der Waals surface area contributed by atoms with Gasteiger partial charge >= 0.3 is 0 Å². The Hall–Kier alpha value is -2.40. The van der Waals surface area contributed by atoms with Crippen LogP contribution in [0.2, 0.25) is 0 Å². The average Bonchev–Trinajstić information content (AvgIpc) is 2.87. The van der Waals surface area contributed by atoms with Gasteiger partial charge in [-0.2, -0.15) is 0 Å². The number of H-pyrrole nitrogens is 1. The maximum atomic E-state index is 10.1. The Balaban J connectivity index is 2.23. The van der Waals surface area contributed by atoms with Crippen molar-refractivity contribution in [3.05, 3.63) is 42.0 Å². The lowest BCUT2D eigenvalue weighted by atomic mass is 10.0. The standard InChI is InChI=1S/C13H12N4O/c14-7-8-4-5-9(12(18)6-8)10-2-1-3-11-13(10)16-17-15-11/h1-6,18H,7,14H2,(H,15,16,17). The van der Waals surface area contributed by atoms with E-state index >= 15 is 0 Å². The van der Waals surface area contributed by atoms with E-state index in [2.05, 4.69) is 15.4 Å². The fourth-order valence-corrected chi connectivity index (χ4v) is 2.02. The molecule has 0 aliphatic rings. The molecule has 3 rings (SSSR count). The summed E-state index contributed by atoms with van der Waals surface area (Å²) in [5.41, 5.74) is 9.60. The van der Waals surface area contributed by atoms with Crippen molar-refractivity contribution in [2.24, 2.45) is 5.73 Å². The number of rotatable bonds is 2. The highest BCUT2D eigenvalue weighted by atomic mass is 16.3. The molecule has 3 aromatic rings. The number of hydrogen-bond donors (Lipinski definition) is 3. The number of phenols is 1. The molecular weight excluding hydrogens is 228 g/mol. The lowest BCUT2D eigenvalue weighted by molar-refractivity contribution is 0.476. The number of nitrogens with two attached hydrogens (primary N) is 1. The molecular formula is C13H12N4O. The minimum Gasteiger partial charge on any atom is -0.507 e. The second kappa shape index (κ2) is 4.12. The van der Waals surface area contributed by atoms with Crippen LogP contribution in [0.5, 0.6) is 5.75 Å². The fraction of sp³-hybridized carbons (Fsp3) is 0.0769. The van der Waals surface area contributed by atoms with E-state index in [-0.39, 0.29) is 5.75 Å². The van der Waals surface area contributed by atoms with Gasteiger partial charge in [0.25, 0.3) is 0 Å². The second-order valence-corrected chi connectivity index (χ2v) is 4.07. The number of aromatic amines is 1. The predicted octanol–water partition coefficient (Wildman–Crippen LogP) is 1.79. The lowest BCUT2D eigenvalue weighted by Crippen LogP contribution is -1.95. The van der Waals surface area contributed by atoms with Gasteiger partial charge in [-0.1, -0.05) is 29.5 Å².